The molecule has 2 aromatic rings. The van der Waals surface area contributed by atoms with E-state index in [4.69, 9.17) is 37.5 Å². The van der Waals surface area contributed by atoms with Gasteiger partial charge < -0.3 is 10.1 Å². The van der Waals surface area contributed by atoms with Gasteiger partial charge >= 0.3 is 0 Å². The van der Waals surface area contributed by atoms with Crippen LogP contribution in [0.15, 0.2) is 42.5 Å². The zero-order valence-electron chi connectivity index (χ0n) is 19.2. The number of Topliss-reactive ketones (excluding diaryl/α,β-unsaturated/α-hetero) is 1. The number of ketones is 1. The second-order valence-corrected chi connectivity index (χ2v) is 11.0. The van der Waals surface area contributed by atoms with Crippen molar-refractivity contribution in [2.24, 2.45) is 0 Å². The van der Waals surface area contributed by atoms with Crippen molar-refractivity contribution in [3.8, 4) is 5.75 Å². The van der Waals surface area contributed by atoms with Gasteiger partial charge in [-0.15, -0.1) is 0 Å². The first-order chi connectivity index (χ1) is 15.3. The minimum Gasteiger partial charge on any atom is -0.491 e. The van der Waals surface area contributed by atoms with E-state index in [-0.39, 0.29) is 43.5 Å². The lowest BCUT2D eigenvalue weighted by atomic mass is 9.75. The number of benzene rings is 2. The molecule has 0 radical (unpaired) electrons. The summed E-state index contributed by atoms with van der Waals surface area (Å²) < 4.78 is 33.4. The molecule has 0 bridgehead atoms. The van der Waals surface area contributed by atoms with Crippen LogP contribution in [0.5, 0.6) is 5.75 Å². The van der Waals surface area contributed by atoms with Crippen LogP contribution in [0.4, 0.5) is 0 Å². The molecule has 0 heterocycles. The van der Waals surface area contributed by atoms with E-state index in [1.165, 1.54) is 0 Å². The van der Waals surface area contributed by atoms with Gasteiger partial charge in [0, 0.05) is 18.3 Å². The number of halogens is 2. The molecule has 180 valence electrons. The van der Waals surface area contributed by atoms with Crippen LogP contribution in [-0.4, -0.2) is 38.9 Å². The maximum absolute atomic E-state index is 12.9. The Labute approximate surface area is 205 Å². The van der Waals surface area contributed by atoms with Gasteiger partial charge in [-0.05, 0) is 55.7 Å². The summed E-state index contributed by atoms with van der Waals surface area (Å²) in [6.07, 6.45) is 1.39. The fourth-order valence-corrected chi connectivity index (χ4v) is 4.09. The van der Waals surface area contributed by atoms with E-state index < -0.39 is 15.5 Å². The minimum absolute atomic E-state index is 0.00955. The van der Waals surface area contributed by atoms with Crippen LogP contribution in [0.2, 0.25) is 10.0 Å². The molecule has 2 aromatic carbocycles. The zero-order chi connectivity index (χ0) is 24.8. The number of rotatable bonds is 12. The van der Waals surface area contributed by atoms with Crippen molar-refractivity contribution < 1.29 is 22.1 Å². The molecular weight excluding hydrogens is 485 g/mol. The van der Waals surface area contributed by atoms with Crippen LogP contribution >= 0.6 is 23.2 Å². The van der Waals surface area contributed by atoms with Crippen molar-refractivity contribution >= 4 is 44.8 Å². The van der Waals surface area contributed by atoms with E-state index in [1.807, 2.05) is 39.0 Å². The molecule has 0 saturated carbocycles. The summed E-state index contributed by atoms with van der Waals surface area (Å²) in [6.45, 7) is 5.60. The molecule has 0 aliphatic heterocycles. The van der Waals surface area contributed by atoms with Gasteiger partial charge in [-0.2, -0.15) is 8.42 Å². The lowest BCUT2D eigenvalue weighted by Gasteiger charge is -2.30. The van der Waals surface area contributed by atoms with Crippen LogP contribution in [-0.2, 0) is 30.9 Å². The Kier molecular flexibility index (Phi) is 9.49. The van der Waals surface area contributed by atoms with E-state index in [0.717, 1.165) is 17.4 Å². The summed E-state index contributed by atoms with van der Waals surface area (Å²) in [4.78, 5) is 12.9. The zero-order valence-corrected chi connectivity index (χ0v) is 21.5. The Bertz CT molecular complexity index is 1120. The second-order valence-electron chi connectivity index (χ2n) is 8.53. The van der Waals surface area contributed by atoms with Crippen molar-refractivity contribution in [1.82, 2.24) is 0 Å². The molecule has 1 unspecified atom stereocenters. The van der Waals surface area contributed by atoms with Crippen molar-refractivity contribution in [3.05, 3.63) is 63.6 Å². The van der Waals surface area contributed by atoms with Crippen molar-refractivity contribution in [2.45, 2.75) is 51.6 Å². The van der Waals surface area contributed by atoms with E-state index >= 15 is 0 Å². The topological polar surface area (TPSA) is 93.5 Å². The van der Waals surface area contributed by atoms with Gasteiger partial charge in [-0.3, -0.25) is 8.98 Å². The smallest absolute Gasteiger partial charge is 0.264 e. The second kappa shape index (κ2) is 11.5. The third-order valence-corrected chi connectivity index (χ3v) is 6.44. The average molecular weight is 514 g/mol. The van der Waals surface area contributed by atoms with Crippen LogP contribution in [0.3, 0.4) is 0 Å². The van der Waals surface area contributed by atoms with Crippen molar-refractivity contribution in [2.75, 3.05) is 12.9 Å². The highest BCUT2D eigenvalue weighted by molar-refractivity contribution is 7.85. The lowest BCUT2D eigenvalue weighted by Crippen LogP contribution is -2.31. The van der Waals surface area contributed by atoms with Gasteiger partial charge in [0.2, 0.25) is 0 Å². The summed E-state index contributed by atoms with van der Waals surface area (Å²) in [6, 6.07) is 12.3. The minimum atomic E-state index is -3.62. The van der Waals surface area contributed by atoms with Gasteiger partial charge in [0.05, 0.1) is 34.7 Å². The van der Waals surface area contributed by atoms with Gasteiger partial charge in [0.25, 0.3) is 10.1 Å². The number of hydrogen-bond donors (Lipinski definition) is 1. The molecule has 0 aliphatic rings. The highest BCUT2D eigenvalue weighted by Gasteiger charge is 2.31. The van der Waals surface area contributed by atoms with Crippen molar-refractivity contribution in [3.63, 3.8) is 0 Å². The van der Waals surface area contributed by atoms with E-state index in [2.05, 4.69) is 0 Å². The number of ether oxygens (including phenoxy) is 1. The quantitative estimate of drug-likeness (QED) is 0.293. The monoisotopic (exact) mass is 513 g/mol. The van der Waals surface area contributed by atoms with Crippen LogP contribution in [0, 0.1) is 5.41 Å². The highest BCUT2D eigenvalue weighted by Crippen LogP contribution is 2.36. The lowest BCUT2D eigenvalue weighted by molar-refractivity contribution is -0.112. The largest absolute Gasteiger partial charge is 0.491 e. The van der Waals surface area contributed by atoms with Gasteiger partial charge in [-0.1, -0.05) is 48.3 Å². The maximum atomic E-state index is 12.9. The molecule has 6 nitrogen and oxygen atoms in total. The van der Waals surface area contributed by atoms with Gasteiger partial charge in [-0.25, -0.2) is 0 Å². The Balaban J connectivity index is 2.21. The summed E-state index contributed by atoms with van der Waals surface area (Å²) in [5.41, 5.74) is 0.644. The SMILES string of the molecule is CC(C)Oc1cccc(CC(=O)C(=N)CC(C)(CCOS(C)(=O)=O)c2ccc(Cl)c(Cl)c2)c1. The highest BCUT2D eigenvalue weighted by atomic mass is 35.5. The van der Waals surface area contributed by atoms with Gasteiger partial charge in [0.1, 0.15) is 5.75 Å². The molecular formula is C24H29Cl2NO5S. The van der Waals surface area contributed by atoms with Gasteiger partial charge in [0.15, 0.2) is 5.78 Å². The fourth-order valence-electron chi connectivity index (χ4n) is 3.41. The first kappa shape index (κ1) is 27.3. The molecule has 0 amide bonds. The van der Waals surface area contributed by atoms with Crippen molar-refractivity contribution in [1.29, 1.82) is 5.41 Å². The molecule has 0 spiro atoms. The van der Waals surface area contributed by atoms with Crippen LogP contribution < -0.4 is 4.74 Å². The third kappa shape index (κ3) is 8.74. The molecule has 0 aliphatic carbocycles. The van der Waals surface area contributed by atoms with Crippen LogP contribution in [0.25, 0.3) is 0 Å². The first-order valence-electron chi connectivity index (χ1n) is 10.5. The Morgan fingerprint density at radius 1 is 1.12 bits per heavy atom. The van der Waals surface area contributed by atoms with E-state index in [1.54, 1.807) is 24.3 Å². The normalized spacial score (nSPS) is 13.5. The van der Waals surface area contributed by atoms with Crippen LogP contribution in [0.1, 0.15) is 44.7 Å². The first-order valence-corrected chi connectivity index (χ1v) is 13.0. The maximum Gasteiger partial charge on any atom is 0.264 e. The number of hydrogen-bond acceptors (Lipinski definition) is 6. The Morgan fingerprint density at radius 3 is 2.42 bits per heavy atom. The molecule has 1 atom stereocenters. The summed E-state index contributed by atoms with van der Waals surface area (Å²) >= 11 is 12.2. The predicted octanol–water partition coefficient (Wildman–Crippen LogP) is 5.63. The van der Waals surface area contributed by atoms with E-state index in [9.17, 15) is 13.2 Å². The van der Waals surface area contributed by atoms with E-state index in [0.29, 0.717) is 15.8 Å². The average Bonchev–Trinajstić information content (AvgIpc) is 2.68. The Morgan fingerprint density at radius 2 is 1.82 bits per heavy atom. The molecule has 33 heavy (non-hydrogen) atoms. The molecule has 0 aromatic heterocycles. The molecule has 9 heteroatoms. The number of nitrogens with one attached hydrogen (secondary N) is 1. The predicted molar refractivity (Wildman–Crippen MR) is 132 cm³/mol. The fraction of sp³-hybridized carbons (Fsp3) is 0.417. The molecule has 1 N–H and O–H groups in total. The Hall–Kier alpha value is -1.93. The summed E-state index contributed by atoms with van der Waals surface area (Å²) in [5, 5.41) is 9.19. The molecule has 0 saturated heterocycles. The number of carbonyl (C=O) groups is 1. The number of carbonyl (C=O) groups excluding carboxylic acids is 1. The third-order valence-electron chi connectivity index (χ3n) is 5.11. The summed E-state index contributed by atoms with van der Waals surface area (Å²) in [5.74, 6) is 0.340. The standard InChI is InChI=1S/C24H29Cl2NO5S/c1-16(2)32-19-7-5-6-17(12-19)13-23(28)22(27)15-24(3,10-11-31-33(4,29)30)18-8-9-20(25)21(26)14-18/h5-9,12,14,16,27H,10-11,13,15H2,1-4H3. The summed E-state index contributed by atoms with van der Waals surface area (Å²) in [7, 11) is -3.62. The molecule has 0 fully saturated rings. The molecule has 2 rings (SSSR count).